The molecule has 0 bridgehead atoms. The molecule has 0 fully saturated rings. The number of halogens is 5. The Hall–Kier alpha value is -1.76. The van der Waals surface area contributed by atoms with Crippen LogP contribution >= 0.6 is 0 Å². The van der Waals surface area contributed by atoms with E-state index in [1.54, 1.807) is 0 Å². The van der Waals surface area contributed by atoms with Crippen molar-refractivity contribution in [3.63, 3.8) is 0 Å². The van der Waals surface area contributed by atoms with Crippen molar-refractivity contribution in [3.05, 3.63) is 29.1 Å². The Labute approximate surface area is 127 Å². The highest BCUT2D eigenvalue weighted by Crippen LogP contribution is 2.29. The maximum Gasteiger partial charge on any atom is 0.492 e. The predicted molar refractivity (Wildman–Crippen MR) is 66.7 cm³/mol. The van der Waals surface area contributed by atoms with E-state index in [2.05, 4.69) is 4.74 Å². The first-order valence-corrected chi connectivity index (χ1v) is 8.23. The lowest BCUT2D eigenvalue weighted by Gasteiger charge is -2.10. The van der Waals surface area contributed by atoms with Crippen molar-refractivity contribution in [2.24, 2.45) is 0 Å². The molecule has 1 aromatic carbocycles. The second-order valence-electron chi connectivity index (χ2n) is 4.45. The Balaban J connectivity index is 2.59. The summed E-state index contributed by atoms with van der Waals surface area (Å²) in [6, 6.07) is -0.290. The number of ether oxygens (including phenoxy) is 1. The largest absolute Gasteiger partial charge is 0.492 e. The molecule has 1 amide bonds. The summed E-state index contributed by atoms with van der Waals surface area (Å²) >= 11 is 0. The second kappa shape index (κ2) is 7.67. The van der Waals surface area contributed by atoms with Gasteiger partial charge in [-0.15, -0.1) is 0 Å². The Kier molecular flexibility index (Phi) is 6.43. The van der Waals surface area contributed by atoms with Crippen LogP contribution in [0.5, 0.6) is 5.75 Å². The minimum atomic E-state index is -4.19. The molecule has 6 nitrogen and oxygen atoms in total. The summed E-state index contributed by atoms with van der Waals surface area (Å²) in [4.78, 5) is 37.4. The Bertz CT molecular complexity index is 566. The van der Waals surface area contributed by atoms with Crippen LogP contribution in [0, 0.1) is 29.1 Å². The van der Waals surface area contributed by atoms with Gasteiger partial charge in [0.1, 0.15) is 0 Å². The van der Waals surface area contributed by atoms with Crippen molar-refractivity contribution in [1.29, 1.82) is 0 Å². The standard InChI is InChI=1S/C11H12F5NO5Si/c12-5-6(13)8(15)10(9(16)7(5)14)22-11(18)17-3-1-2-4-23(19,20)21/h19-21H,1-4H2,(H,17,18). The van der Waals surface area contributed by atoms with Crippen molar-refractivity contribution in [2.75, 3.05) is 6.54 Å². The van der Waals surface area contributed by atoms with Gasteiger partial charge in [0.05, 0.1) is 0 Å². The van der Waals surface area contributed by atoms with Gasteiger partial charge in [0.2, 0.25) is 34.8 Å². The van der Waals surface area contributed by atoms with Gasteiger partial charge in [0.25, 0.3) is 0 Å². The summed E-state index contributed by atoms with van der Waals surface area (Å²) in [5.74, 6) is -13.2. The molecule has 0 atom stereocenters. The Morgan fingerprint density at radius 1 is 0.913 bits per heavy atom. The minimum absolute atomic E-state index is 0.110. The number of rotatable bonds is 6. The molecule has 1 aromatic rings. The first-order chi connectivity index (χ1) is 10.5. The van der Waals surface area contributed by atoms with Crippen LogP contribution in [0.3, 0.4) is 0 Å². The summed E-state index contributed by atoms with van der Waals surface area (Å²) < 4.78 is 69.1. The Morgan fingerprint density at radius 3 is 1.87 bits per heavy atom. The third kappa shape index (κ3) is 5.42. The maximum atomic E-state index is 13.2. The van der Waals surface area contributed by atoms with Crippen molar-refractivity contribution in [3.8, 4) is 5.75 Å². The zero-order valence-electron chi connectivity index (χ0n) is 11.4. The van der Waals surface area contributed by atoms with Gasteiger partial charge in [-0.2, -0.15) is 8.78 Å². The van der Waals surface area contributed by atoms with E-state index >= 15 is 0 Å². The van der Waals surface area contributed by atoms with Gasteiger partial charge >= 0.3 is 14.9 Å². The summed E-state index contributed by atoms with van der Waals surface area (Å²) in [6.07, 6.45) is -1.21. The number of carbonyl (C=O) groups is 1. The zero-order chi connectivity index (χ0) is 17.8. The number of carbonyl (C=O) groups excluding carboxylic acids is 1. The molecule has 0 saturated heterocycles. The third-order valence-corrected chi connectivity index (χ3v) is 3.60. The molecule has 0 aliphatic carbocycles. The van der Waals surface area contributed by atoms with Crippen molar-refractivity contribution >= 4 is 14.9 Å². The van der Waals surface area contributed by atoms with Crippen LogP contribution in [0.1, 0.15) is 12.8 Å². The number of nitrogens with one attached hydrogen (secondary N) is 1. The minimum Gasteiger partial charge on any atom is -0.404 e. The van der Waals surface area contributed by atoms with Gasteiger partial charge in [-0.3, -0.25) is 0 Å². The SMILES string of the molecule is O=C(NCCCC[Si](O)(O)O)Oc1c(F)c(F)c(F)c(F)c1F. The van der Waals surface area contributed by atoms with E-state index < -0.39 is 49.7 Å². The summed E-state index contributed by atoms with van der Waals surface area (Å²) in [7, 11) is -4.19. The highest BCUT2D eigenvalue weighted by atomic mass is 28.4. The quantitative estimate of drug-likeness (QED) is 0.200. The van der Waals surface area contributed by atoms with Gasteiger partial charge in [-0.1, -0.05) is 0 Å². The molecule has 12 heteroatoms. The molecule has 0 aromatic heterocycles. The smallest absolute Gasteiger partial charge is 0.404 e. The topological polar surface area (TPSA) is 99.0 Å². The second-order valence-corrected chi connectivity index (χ2v) is 6.50. The average Bonchev–Trinajstić information content (AvgIpc) is 2.46. The van der Waals surface area contributed by atoms with Crippen LogP contribution < -0.4 is 10.1 Å². The maximum absolute atomic E-state index is 13.2. The lowest BCUT2D eigenvalue weighted by atomic mass is 10.2. The lowest BCUT2D eigenvalue weighted by molar-refractivity contribution is 0.193. The molecule has 4 N–H and O–H groups in total. The van der Waals surface area contributed by atoms with E-state index in [0.29, 0.717) is 0 Å². The van der Waals surface area contributed by atoms with Crippen molar-refractivity contribution in [1.82, 2.24) is 5.32 Å². The van der Waals surface area contributed by atoms with E-state index in [-0.39, 0.29) is 25.4 Å². The summed E-state index contributed by atoms with van der Waals surface area (Å²) in [6.45, 7) is -0.154. The van der Waals surface area contributed by atoms with E-state index in [9.17, 15) is 26.7 Å². The van der Waals surface area contributed by atoms with Gasteiger partial charge in [0.15, 0.2) is 0 Å². The first kappa shape index (κ1) is 19.3. The molecule has 0 aliphatic heterocycles. The van der Waals surface area contributed by atoms with Crippen LogP contribution in [0.2, 0.25) is 6.04 Å². The molecule has 0 spiro atoms. The van der Waals surface area contributed by atoms with Crippen LogP contribution in [0.4, 0.5) is 26.7 Å². The third-order valence-electron chi connectivity index (χ3n) is 2.57. The fourth-order valence-electron chi connectivity index (χ4n) is 1.48. The van der Waals surface area contributed by atoms with E-state index in [0.717, 1.165) is 0 Å². The molecule has 0 aliphatic rings. The fraction of sp³-hybridized carbons (Fsp3) is 0.364. The zero-order valence-corrected chi connectivity index (χ0v) is 12.4. The number of hydrogen-bond donors (Lipinski definition) is 4. The Morgan fingerprint density at radius 2 is 1.39 bits per heavy atom. The number of unbranched alkanes of at least 4 members (excludes halogenated alkanes) is 1. The molecule has 23 heavy (non-hydrogen) atoms. The van der Waals surface area contributed by atoms with E-state index in [1.807, 2.05) is 5.32 Å². The molecular formula is C11H12F5NO5Si. The van der Waals surface area contributed by atoms with Gasteiger partial charge in [-0.05, 0) is 12.8 Å². The molecule has 1 rings (SSSR count). The van der Waals surface area contributed by atoms with Gasteiger partial charge in [0, 0.05) is 12.6 Å². The van der Waals surface area contributed by atoms with Crippen LogP contribution in [0.15, 0.2) is 0 Å². The van der Waals surface area contributed by atoms with Crippen LogP contribution in [-0.2, 0) is 0 Å². The number of amides is 1. The fourth-order valence-corrected chi connectivity index (χ4v) is 2.21. The molecular weight excluding hydrogens is 349 g/mol. The monoisotopic (exact) mass is 361 g/mol. The number of benzene rings is 1. The molecule has 130 valence electrons. The molecule has 0 saturated carbocycles. The molecule has 0 heterocycles. The van der Waals surface area contributed by atoms with Crippen molar-refractivity contribution in [2.45, 2.75) is 18.9 Å². The summed E-state index contributed by atoms with van der Waals surface area (Å²) in [5.41, 5.74) is 0. The van der Waals surface area contributed by atoms with E-state index in [4.69, 9.17) is 14.4 Å². The van der Waals surface area contributed by atoms with Crippen LogP contribution in [0.25, 0.3) is 0 Å². The van der Waals surface area contributed by atoms with E-state index in [1.165, 1.54) is 0 Å². The van der Waals surface area contributed by atoms with Gasteiger partial charge < -0.3 is 24.4 Å². The van der Waals surface area contributed by atoms with Crippen LogP contribution in [-0.4, -0.2) is 35.8 Å². The van der Waals surface area contributed by atoms with Crippen molar-refractivity contribution < 1.29 is 45.9 Å². The predicted octanol–water partition coefficient (Wildman–Crippen LogP) is 1.17. The number of hydrogen-bond acceptors (Lipinski definition) is 5. The average molecular weight is 361 g/mol. The van der Waals surface area contributed by atoms with Gasteiger partial charge in [-0.25, -0.2) is 18.0 Å². The molecule has 0 unspecified atom stereocenters. The summed E-state index contributed by atoms with van der Waals surface area (Å²) in [5, 5.41) is 1.96. The lowest BCUT2D eigenvalue weighted by Crippen LogP contribution is -2.34. The first-order valence-electron chi connectivity index (χ1n) is 6.19. The highest BCUT2D eigenvalue weighted by molar-refractivity contribution is 6.56. The molecule has 0 radical (unpaired) electrons. The normalized spacial score (nSPS) is 11.5. The highest BCUT2D eigenvalue weighted by Gasteiger charge is 2.28.